The van der Waals surface area contributed by atoms with Crippen molar-refractivity contribution < 1.29 is 4.79 Å². The lowest BCUT2D eigenvalue weighted by molar-refractivity contribution is 0.0547. The Morgan fingerprint density at radius 1 is 0.938 bits per heavy atom. The molecule has 0 radical (unpaired) electrons. The van der Waals surface area contributed by atoms with Gasteiger partial charge in [-0.25, -0.2) is 0 Å². The van der Waals surface area contributed by atoms with Crippen LogP contribution in [0, 0.1) is 5.92 Å². The standard InChI is InChI=1S/C29H34N2O/c32-29(24-10-9-22-14-15-30-27(22)19-24)31-16-4-7-26-25-12-8-21(17-20-5-2-1-3-6-20)18-23(25)11-13-28(26)31/h8-10,12,15,18-20,26,28H,1-7,11,13-14,16-17H2/t26?,28-/m0/s1. The van der Waals surface area contributed by atoms with Crippen molar-refractivity contribution >= 4 is 17.8 Å². The molecule has 4 aliphatic rings. The summed E-state index contributed by atoms with van der Waals surface area (Å²) in [6, 6.07) is 13.8. The number of nitrogens with zero attached hydrogens (tertiary/aromatic N) is 2. The molecule has 1 saturated carbocycles. The molecule has 0 aromatic heterocycles. The molecule has 2 aromatic rings. The van der Waals surface area contributed by atoms with Gasteiger partial charge in [0, 0.05) is 36.7 Å². The summed E-state index contributed by atoms with van der Waals surface area (Å²) in [6.07, 6.45) is 15.7. The molecule has 3 heteroatoms. The summed E-state index contributed by atoms with van der Waals surface area (Å²) in [6.45, 7) is 0.884. The lowest BCUT2D eigenvalue weighted by atomic mass is 9.73. The van der Waals surface area contributed by atoms with Gasteiger partial charge in [-0.3, -0.25) is 9.79 Å². The molecule has 2 atom stereocenters. The van der Waals surface area contributed by atoms with Gasteiger partial charge in [0.2, 0.25) is 0 Å². The number of aryl methyl sites for hydroxylation is 1. The Hall–Kier alpha value is -2.42. The third-order valence-electron chi connectivity index (χ3n) is 8.48. The van der Waals surface area contributed by atoms with Gasteiger partial charge >= 0.3 is 0 Å². The van der Waals surface area contributed by atoms with Gasteiger partial charge in [0.05, 0.1) is 5.69 Å². The predicted molar refractivity (Wildman–Crippen MR) is 130 cm³/mol. The minimum atomic E-state index is 0.196. The Kier molecular flexibility index (Phi) is 5.37. The van der Waals surface area contributed by atoms with E-state index < -0.39 is 0 Å². The highest BCUT2D eigenvalue weighted by molar-refractivity contribution is 5.96. The van der Waals surface area contributed by atoms with E-state index >= 15 is 0 Å². The van der Waals surface area contributed by atoms with E-state index in [0.29, 0.717) is 12.0 Å². The van der Waals surface area contributed by atoms with E-state index in [9.17, 15) is 4.79 Å². The normalized spacial score (nSPS) is 24.7. The first-order chi connectivity index (χ1) is 15.8. The van der Waals surface area contributed by atoms with Gasteiger partial charge in [0.25, 0.3) is 5.91 Å². The Morgan fingerprint density at radius 3 is 2.75 bits per heavy atom. The maximum atomic E-state index is 13.5. The van der Waals surface area contributed by atoms with Crippen LogP contribution in [0.1, 0.15) is 89.9 Å². The lowest BCUT2D eigenvalue weighted by Crippen LogP contribution is -2.49. The number of carbonyl (C=O) groups is 1. The third-order valence-corrected chi connectivity index (χ3v) is 8.48. The van der Waals surface area contributed by atoms with E-state index in [2.05, 4.69) is 34.2 Å². The summed E-state index contributed by atoms with van der Waals surface area (Å²) in [5.74, 6) is 1.58. The molecular formula is C29H34N2O. The molecular weight excluding hydrogens is 392 g/mol. The van der Waals surface area contributed by atoms with Crippen molar-refractivity contribution in [3.8, 4) is 0 Å². The van der Waals surface area contributed by atoms with Gasteiger partial charge in [0.1, 0.15) is 0 Å². The van der Waals surface area contributed by atoms with Gasteiger partial charge in [-0.1, -0.05) is 56.4 Å². The van der Waals surface area contributed by atoms with E-state index in [1.165, 1.54) is 61.6 Å². The van der Waals surface area contributed by atoms with E-state index in [0.717, 1.165) is 49.4 Å². The average Bonchev–Trinajstić information content (AvgIpc) is 3.31. The fourth-order valence-electron chi connectivity index (χ4n) is 6.82. The minimum Gasteiger partial charge on any atom is -0.335 e. The number of amides is 1. The zero-order chi connectivity index (χ0) is 21.5. The fourth-order valence-corrected chi connectivity index (χ4v) is 6.82. The van der Waals surface area contributed by atoms with Gasteiger partial charge in [-0.2, -0.15) is 0 Å². The Labute approximate surface area is 191 Å². The average molecular weight is 427 g/mol. The Bertz CT molecular complexity index is 1050. The van der Waals surface area contributed by atoms with Gasteiger partial charge in [-0.05, 0) is 72.4 Å². The highest BCUT2D eigenvalue weighted by Crippen LogP contribution is 2.42. The maximum absolute atomic E-state index is 13.5. The van der Waals surface area contributed by atoms with Crippen LogP contribution in [0.4, 0.5) is 5.69 Å². The van der Waals surface area contributed by atoms with Gasteiger partial charge in [-0.15, -0.1) is 0 Å². The zero-order valence-electron chi connectivity index (χ0n) is 19.1. The van der Waals surface area contributed by atoms with Crippen LogP contribution in [0.2, 0.25) is 0 Å². The summed E-state index contributed by atoms with van der Waals surface area (Å²) in [4.78, 5) is 20.2. The van der Waals surface area contributed by atoms with Crippen molar-refractivity contribution in [1.82, 2.24) is 4.90 Å². The van der Waals surface area contributed by atoms with Gasteiger partial charge < -0.3 is 4.90 Å². The number of fused-ring (bicyclic) bond motifs is 4. The number of hydrogen-bond acceptors (Lipinski definition) is 2. The van der Waals surface area contributed by atoms with Crippen LogP contribution < -0.4 is 0 Å². The maximum Gasteiger partial charge on any atom is 0.254 e. The van der Waals surface area contributed by atoms with Crippen molar-refractivity contribution in [1.29, 1.82) is 0 Å². The van der Waals surface area contributed by atoms with Crippen molar-refractivity contribution in [3.05, 3.63) is 64.2 Å². The number of hydrogen-bond donors (Lipinski definition) is 0. The lowest BCUT2D eigenvalue weighted by Gasteiger charge is -2.45. The monoisotopic (exact) mass is 426 g/mol. The van der Waals surface area contributed by atoms with Crippen LogP contribution in [0.3, 0.4) is 0 Å². The number of likely N-dealkylation sites (tertiary alicyclic amines) is 1. The molecule has 1 amide bonds. The van der Waals surface area contributed by atoms with Crippen LogP contribution in [-0.4, -0.2) is 29.6 Å². The highest BCUT2D eigenvalue weighted by Gasteiger charge is 2.38. The van der Waals surface area contributed by atoms with Gasteiger partial charge in [0.15, 0.2) is 0 Å². The molecule has 2 aliphatic carbocycles. The summed E-state index contributed by atoms with van der Waals surface area (Å²) in [5, 5.41) is 0. The van der Waals surface area contributed by atoms with E-state index in [4.69, 9.17) is 0 Å². The second-order valence-electron chi connectivity index (χ2n) is 10.5. The van der Waals surface area contributed by atoms with Crippen LogP contribution in [0.5, 0.6) is 0 Å². The molecule has 6 rings (SSSR count). The van der Waals surface area contributed by atoms with Crippen molar-refractivity contribution in [2.24, 2.45) is 10.9 Å². The molecule has 2 heterocycles. The minimum absolute atomic E-state index is 0.196. The second kappa shape index (κ2) is 8.50. The first kappa shape index (κ1) is 20.2. The summed E-state index contributed by atoms with van der Waals surface area (Å²) in [7, 11) is 0. The summed E-state index contributed by atoms with van der Waals surface area (Å²) in [5.41, 5.74) is 7.62. The summed E-state index contributed by atoms with van der Waals surface area (Å²) >= 11 is 0. The van der Waals surface area contributed by atoms with Crippen LogP contribution in [0.15, 0.2) is 41.4 Å². The molecule has 2 aromatic carbocycles. The number of benzene rings is 2. The molecule has 32 heavy (non-hydrogen) atoms. The number of aliphatic imine (C=N–C) groups is 1. The van der Waals surface area contributed by atoms with E-state index in [1.54, 1.807) is 5.56 Å². The fraction of sp³-hybridized carbons (Fsp3) is 0.517. The molecule has 1 saturated heterocycles. The number of rotatable bonds is 3. The second-order valence-corrected chi connectivity index (χ2v) is 10.5. The molecule has 0 spiro atoms. The zero-order valence-corrected chi connectivity index (χ0v) is 19.1. The predicted octanol–water partition coefficient (Wildman–Crippen LogP) is 6.40. The smallest absolute Gasteiger partial charge is 0.254 e. The quantitative estimate of drug-likeness (QED) is 0.559. The van der Waals surface area contributed by atoms with Crippen molar-refractivity contribution in [2.75, 3.05) is 6.54 Å². The number of carbonyl (C=O) groups excluding carboxylic acids is 1. The van der Waals surface area contributed by atoms with Crippen molar-refractivity contribution in [2.45, 2.75) is 82.6 Å². The topological polar surface area (TPSA) is 32.7 Å². The molecule has 0 N–H and O–H groups in total. The molecule has 3 nitrogen and oxygen atoms in total. The van der Waals surface area contributed by atoms with E-state index in [-0.39, 0.29) is 5.91 Å². The highest BCUT2D eigenvalue weighted by atomic mass is 16.2. The van der Waals surface area contributed by atoms with Crippen molar-refractivity contribution in [3.63, 3.8) is 0 Å². The molecule has 2 fully saturated rings. The Balaban J connectivity index is 1.21. The largest absolute Gasteiger partial charge is 0.335 e. The van der Waals surface area contributed by atoms with Crippen LogP contribution in [-0.2, 0) is 19.3 Å². The SMILES string of the molecule is O=C(c1ccc2c(c1)N=CC2)N1CCCC2c3ccc(CC4CCCCC4)cc3CC[C@@H]21. The van der Waals surface area contributed by atoms with E-state index in [1.807, 2.05) is 18.3 Å². The number of piperidine rings is 1. The molecule has 166 valence electrons. The first-order valence-electron chi connectivity index (χ1n) is 12.8. The first-order valence-corrected chi connectivity index (χ1v) is 12.8. The van der Waals surface area contributed by atoms with Crippen LogP contribution in [0.25, 0.3) is 0 Å². The Morgan fingerprint density at radius 2 is 1.84 bits per heavy atom. The molecule has 1 unspecified atom stereocenters. The molecule has 2 aliphatic heterocycles. The molecule has 0 bridgehead atoms. The van der Waals surface area contributed by atoms with Crippen LogP contribution >= 0.6 is 0 Å². The summed E-state index contributed by atoms with van der Waals surface area (Å²) < 4.78 is 0. The third kappa shape index (κ3) is 3.70.